The lowest BCUT2D eigenvalue weighted by Crippen LogP contribution is -2.42. The van der Waals surface area contributed by atoms with Crippen LogP contribution >= 0.6 is 0 Å². The molecule has 0 unspecified atom stereocenters. The maximum atomic E-state index is 10.7. The molecule has 7 nitrogen and oxygen atoms in total. The summed E-state index contributed by atoms with van der Waals surface area (Å²) in [5.74, 6) is -1.16. The number of phenolic OH excluding ortho intramolecular Hbond substituents is 2. The Hall–Kier alpha value is -1.86. The van der Waals surface area contributed by atoms with Gasteiger partial charge in [-0.2, -0.15) is 0 Å². The van der Waals surface area contributed by atoms with Crippen LogP contribution in [0.1, 0.15) is 11.6 Å². The fourth-order valence-electron chi connectivity index (χ4n) is 1.85. The maximum Gasteiger partial charge on any atom is 0.314 e. The molecule has 1 atom stereocenters. The van der Waals surface area contributed by atoms with Crippen molar-refractivity contribution in [3.8, 4) is 11.5 Å². The average molecular weight is 239 g/mol. The van der Waals surface area contributed by atoms with Gasteiger partial charge in [-0.1, -0.05) is 0 Å². The first-order valence-corrected chi connectivity index (χ1v) is 5.24. The molecule has 7 heteroatoms. The SMILES string of the molecule is O=[N+]([O-])c1cc([C@@H]2CNCCN2)cc(O)c1O. The third-order valence-electron chi connectivity index (χ3n) is 2.73. The van der Waals surface area contributed by atoms with E-state index in [0.717, 1.165) is 13.1 Å². The van der Waals surface area contributed by atoms with Gasteiger partial charge in [0.25, 0.3) is 0 Å². The lowest BCUT2D eigenvalue weighted by atomic mass is 10.0. The van der Waals surface area contributed by atoms with E-state index >= 15 is 0 Å². The van der Waals surface area contributed by atoms with Crippen molar-refractivity contribution in [2.24, 2.45) is 0 Å². The summed E-state index contributed by atoms with van der Waals surface area (Å²) in [5, 5.41) is 35.8. The number of hydrogen-bond acceptors (Lipinski definition) is 6. The number of hydrogen-bond donors (Lipinski definition) is 4. The summed E-state index contributed by atoms with van der Waals surface area (Å²) in [4.78, 5) is 9.99. The molecular formula is C10H13N3O4. The molecule has 17 heavy (non-hydrogen) atoms. The van der Waals surface area contributed by atoms with E-state index in [9.17, 15) is 20.3 Å². The molecule has 0 aliphatic carbocycles. The number of rotatable bonds is 2. The molecule has 0 bridgehead atoms. The first-order chi connectivity index (χ1) is 8.09. The third-order valence-corrected chi connectivity index (χ3v) is 2.73. The van der Waals surface area contributed by atoms with Crippen LogP contribution in [0.25, 0.3) is 0 Å². The molecule has 0 amide bonds. The molecule has 0 spiro atoms. The largest absolute Gasteiger partial charge is 0.504 e. The number of nitrogens with zero attached hydrogens (tertiary/aromatic N) is 1. The number of piperazine rings is 1. The Labute approximate surface area is 97.2 Å². The summed E-state index contributed by atoms with van der Waals surface area (Å²) >= 11 is 0. The van der Waals surface area contributed by atoms with Gasteiger partial charge in [0.15, 0.2) is 5.75 Å². The lowest BCUT2D eigenvalue weighted by molar-refractivity contribution is -0.386. The maximum absolute atomic E-state index is 10.7. The molecule has 1 aromatic carbocycles. The zero-order valence-electron chi connectivity index (χ0n) is 9.01. The zero-order valence-corrected chi connectivity index (χ0v) is 9.01. The van der Waals surface area contributed by atoms with Crippen LogP contribution in [0.4, 0.5) is 5.69 Å². The predicted octanol–water partition coefficient (Wildman–Crippen LogP) is 0.240. The van der Waals surface area contributed by atoms with E-state index in [2.05, 4.69) is 10.6 Å². The van der Waals surface area contributed by atoms with Crippen LogP contribution in [0.15, 0.2) is 12.1 Å². The Morgan fingerprint density at radius 3 is 2.71 bits per heavy atom. The second-order valence-electron chi connectivity index (χ2n) is 3.88. The van der Waals surface area contributed by atoms with Gasteiger partial charge in [0, 0.05) is 31.7 Å². The van der Waals surface area contributed by atoms with Crippen molar-refractivity contribution < 1.29 is 15.1 Å². The number of nitrogens with one attached hydrogen (secondary N) is 2. The first kappa shape index (κ1) is 11.6. The van der Waals surface area contributed by atoms with Gasteiger partial charge in [-0.05, 0) is 11.6 Å². The zero-order chi connectivity index (χ0) is 12.4. The Kier molecular flexibility index (Phi) is 3.12. The number of nitro groups is 1. The average Bonchev–Trinajstić information content (AvgIpc) is 2.33. The van der Waals surface area contributed by atoms with Gasteiger partial charge < -0.3 is 20.8 Å². The van der Waals surface area contributed by atoms with Crippen molar-refractivity contribution in [3.05, 3.63) is 27.8 Å². The van der Waals surface area contributed by atoms with Crippen molar-refractivity contribution in [2.45, 2.75) is 6.04 Å². The fourth-order valence-corrected chi connectivity index (χ4v) is 1.85. The minimum atomic E-state index is -0.713. The quantitative estimate of drug-likeness (QED) is 0.334. The number of nitro benzene ring substituents is 1. The van der Waals surface area contributed by atoms with Crippen LogP contribution in [-0.4, -0.2) is 34.8 Å². The third kappa shape index (κ3) is 2.29. The van der Waals surface area contributed by atoms with Crippen LogP contribution in [0.2, 0.25) is 0 Å². The van der Waals surface area contributed by atoms with Gasteiger partial charge in [0.1, 0.15) is 0 Å². The second-order valence-corrected chi connectivity index (χ2v) is 3.88. The predicted molar refractivity (Wildman–Crippen MR) is 60.0 cm³/mol. The Balaban J connectivity index is 2.37. The Bertz CT molecular complexity index is 443. The van der Waals surface area contributed by atoms with E-state index in [0.29, 0.717) is 12.1 Å². The van der Waals surface area contributed by atoms with Crippen LogP contribution in [0, 0.1) is 10.1 Å². The van der Waals surface area contributed by atoms with Crippen molar-refractivity contribution in [2.75, 3.05) is 19.6 Å². The Morgan fingerprint density at radius 2 is 2.12 bits per heavy atom. The molecule has 2 rings (SSSR count). The van der Waals surface area contributed by atoms with Gasteiger partial charge in [0.05, 0.1) is 4.92 Å². The van der Waals surface area contributed by atoms with E-state index in [-0.39, 0.29) is 6.04 Å². The van der Waals surface area contributed by atoms with E-state index in [4.69, 9.17) is 0 Å². The van der Waals surface area contributed by atoms with E-state index in [1.165, 1.54) is 12.1 Å². The monoisotopic (exact) mass is 239 g/mol. The lowest BCUT2D eigenvalue weighted by Gasteiger charge is -2.24. The topological polar surface area (TPSA) is 108 Å². The molecule has 4 N–H and O–H groups in total. The number of aromatic hydroxyl groups is 2. The normalized spacial score (nSPS) is 20.1. The summed E-state index contributed by atoms with van der Waals surface area (Å²) in [5.41, 5.74) is 0.103. The molecule has 92 valence electrons. The minimum Gasteiger partial charge on any atom is -0.504 e. The van der Waals surface area contributed by atoms with E-state index in [1.807, 2.05) is 0 Å². The minimum absolute atomic E-state index is 0.103. The molecular weight excluding hydrogens is 226 g/mol. The molecule has 1 heterocycles. The van der Waals surface area contributed by atoms with Crippen LogP contribution in [-0.2, 0) is 0 Å². The molecule has 0 radical (unpaired) electrons. The molecule has 1 aliphatic rings. The van der Waals surface area contributed by atoms with Gasteiger partial charge >= 0.3 is 5.69 Å². The molecule has 1 aromatic rings. The van der Waals surface area contributed by atoms with Crippen molar-refractivity contribution in [1.82, 2.24) is 10.6 Å². The van der Waals surface area contributed by atoms with Gasteiger partial charge in [-0.25, -0.2) is 0 Å². The highest BCUT2D eigenvalue weighted by Gasteiger charge is 2.23. The van der Waals surface area contributed by atoms with Gasteiger partial charge in [-0.15, -0.1) is 0 Å². The second kappa shape index (κ2) is 4.56. The smallest absolute Gasteiger partial charge is 0.314 e. The summed E-state index contributed by atoms with van der Waals surface area (Å²) < 4.78 is 0. The molecule has 1 saturated heterocycles. The van der Waals surface area contributed by atoms with E-state index in [1.54, 1.807) is 0 Å². The van der Waals surface area contributed by atoms with Crippen molar-refractivity contribution in [3.63, 3.8) is 0 Å². The van der Waals surface area contributed by atoms with Crippen LogP contribution in [0.3, 0.4) is 0 Å². The standard InChI is InChI=1S/C10H13N3O4/c14-9-4-6(7-5-11-1-2-12-7)3-8(10(9)15)13(16)17/h3-4,7,11-12,14-15H,1-2,5H2/t7-/m0/s1. The molecule has 1 aliphatic heterocycles. The van der Waals surface area contributed by atoms with E-state index < -0.39 is 22.1 Å². The fraction of sp³-hybridized carbons (Fsp3) is 0.400. The van der Waals surface area contributed by atoms with Crippen molar-refractivity contribution in [1.29, 1.82) is 0 Å². The summed E-state index contributed by atoms with van der Waals surface area (Å²) in [6.07, 6.45) is 0. The van der Waals surface area contributed by atoms with Gasteiger partial charge in [-0.3, -0.25) is 10.1 Å². The summed E-state index contributed by atoms with van der Waals surface area (Å²) in [7, 11) is 0. The van der Waals surface area contributed by atoms with Crippen LogP contribution in [0.5, 0.6) is 11.5 Å². The number of phenols is 2. The summed E-state index contributed by atoms with van der Waals surface area (Å²) in [6, 6.07) is 2.51. The first-order valence-electron chi connectivity index (χ1n) is 5.24. The molecule has 1 fully saturated rings. The summed E-state index contributed by atoms with van der Waals surface area (Å²) in [6.45, 7) is 2.21. The van der Waals surface area contributed by atoms with Crippen molar-refractivity contribution >= 4 is 5.69 Å². The molecule has 0 saturated carbocycles. The highest BCUT2D eigenvalue weighted by Crippen LogP contribution is 2.37. The van der Waals surface area contributed by atoms with Crippen LogP contribution < -0.4 is 10.6 Å². The Morgan fingerprint density at radius 1 is 1.35 bits per heavy atom. The highest BCUT2D eigenvalue weighted by molar-refractivity contribution is 5.57. The van der Waals surface area contributed by atoms with Gasteiger partial charge in [0.2, 0.25) is 5.75 Å². The number of benzene rings is 1. The highest BCUT2D eigenvalue weighted by atomic mass is 16.6. The molecule has 0 aromatic heterocycles.